The first-order valence-corrected chi connectivity index (χ1v) is 9.14. The zero-order chi connectivity index (χ0) is 17.1. The van der Waals surface area contributed by atoms with Crippen LogP contribution in [0.25, 0.3) is 5.69 Å². The Hall–Kier alpha value is -1.66. The number of likely N-dealkylation sites (tertiary alicyclic amines) is 1. The van der Waals surface area contributed by atoms with Crippen molar-refractivity contribution in [3.63, 3.8) is 0 Å². The number of piperidine rings is 1. The summed E-state index contributed by atoms with van der Waals surface area (Å²) in [5, 5.41) is 7.76. The first-order valence-electron chi connectivity index (χ1n) is 8.35. The number of nitrogens with zero attached hydrogens (tertiary/aromatic N) is 3. The second-order valence-corrected chi connectivity index (χ2v) is 7.29. The number of aromatic nitrogens is 2. The number of halogens is 1. The van der Waals surface area contributed by atoms with Gasteiger partial charge in [-0.25, -0.2) is 4.68 Å². The van der Waals surface area contributed by atoms with E-state index in [9.17, 15) is 4.79 Å². The van der Waals surface area contributed by atoms with Crippen LogP contribution >= 0.6 is 15.9 Å². The molecule has 1 saturated heterocycles. The van der Waals surface area contributed by atoms with Gasteiger partial charge in [0.15, 0.2) is 5.69 Å². The molecule has 1 aliphatic heterocycles. The van der Waals surface area contributed by atoms with Crippen molar-refractivity contribution in [2.45, 2.75) is 19.8 Å². The molecule has 1 N–H and O–H groups in total. The number of aryl methyl sites for hydroxylation is 1. The molecular formula is C18H23BrN4O. The monoisotopic (exact) mass is 390 g/mol. The van der Waals surface area contributed by atoms with Crippen molar-refractivity contribution in [3.05, 3.63) is 46.2 Å². The molecular weight excluding hydrogens is 368 g/mol. The summed E-state index contributed by atoms with van der Waals surface area (Å²) in [5.74, 6) is 0.567. The molecule has 1 atom stereocenters. The summed E-state index contributed by atoms with van der Waals surface area (Å²) in [4.78, 5) is 14.8. The molecule has 1 amide bonds. The maximum Gasteiger partial charge on any atom is 0.274 e. The van der Waals surface area contributed by atoms with Gasteiger partial charge in [-0.05, 0) is 69.6 Å². The third-order valence-electron chi connectivity index (χ3n) is 4.48. The van der Waals surface area contributed by atoms with Crippen molar-refractivity contribution in [1.82, 2.24) is 20.0 Å². The SMILES string of the molecule is CNC[C@@H]1CCCN(C(=O)c2cc(C)n(-c3ccc(Br)cc3)n2)C1. The predicted molar refractivity (Wildman–Crippen MR) is 98.6 cm³/mol. The molecule has 0 spiro atoms. The zero-order valence-electron chi connectivity index (χ0n) is 14.1. The summed E-state index contributed by atoms with van der Waals surface area (Å²) in [7, 11) is 1.96. The molecule has 0 radical (unpaired) electrons. The number of carbonyl (C=O) groups excluding carboxylic acids is 1. The minimum absolute atomic E-state index is 0.0368. The van der Waals surface area contributed by atoms with Gasteiger partial charge in [-0.1, -0.05) is 15.9 Å². The highest BCUT2D eigenvalue weighted by molar-refractivity contribution is 9.10. The maximum absolute atomic E-state index is 12.8. The molecule has 24 heavy (non-hydrogen) atoms. The lowest BCUT2D eigenvalue weighted by atomic mass is 9.98. The minimum Gasteiger partial charge on any atom is -0.337 e. The Morgan fingerprint density at radius 2 is 2.12 bits per heavy atom. The Balaban J connectivity index is 1.78. The Morgan fingerprint density at radius 3 is 2.83 bits per heavy atom. The molecule has 1 aliphatic rings. The Bertz CT molecular complexity index is 708. The average molecular weight is 391 g/mol. The highest BCUT2D eigenvalue weighted by atomic mass is 79.9. The average Bonchev–Trinajstić information content (AvgIpc) is 2.97. The lowest BCUT2D eigenvalue weighted by Crippen LogP contribution is -2.42. The lowest BCUT2D eigenvalue weighted by Gasteiger charge is -2.32. The maximum atomic E-state index is 12.8. The van der Waals surface area contributed by atoms with Crippen molar-refractivity contribution < 1.29 is 4.79 Å². The summed E-state index contributed by atoms with van der Waals surface area (Å²) in [6, 6.07) is 9.81. The van der Waals surface area contributed by atoms with Gasteiger partial charge in [0.25, 0.3) is 5.91 Å². The number of hydrogen-bond donors (Lipinski definition) is 1. The Kier molecular flexibility index (Phi) is 5.36. The van der Waals surface area contributed by atoms with E-state index >= 15 is 0 Å². The van der Waals surface area contributed by atoms with Crippen LogP contribution in [0.4, 0.5) is 0 Å². The van der Waals surface area contributed by atoms with Crippen LogP contribution in [0.5, 0.6) is 0 Å². The van der Waals surface area contributed by atoms with Gasteiger partial charge in [-0.15, -0.1) is 0 Å². The van der Waals surface area contributed by atoms with Gasteiger partial charge in [-0.2, -0.15) is 5.10 Å². The van der Waals surface area contributed by atoms with E-state index in [0.29, 0.717) is 11.6 Å². The molecule has 1 fully saturated rings. The van der Waals surface area contributed by atoms with Crippen LogP contribution in [0.3, 0.4) is 0 Å². The van der Waals surface area contributed by atoms with Gasteiger partial charge in [0.1, 0.15) is 0 Å². The van der Waals surface area contributed by atoms with Gasteiger partial charge < -0.3 is 10.2 Å². The fourth-order valence-corrected chi connectivity index (χ4v) is 3.55. The number of amides is 1. The van der Waals surface area contributed by atoms with Crippen molar-refractivity contribution in [2.75, 3.05) is 26.7 Å². The fourth-order valence-electron chi connectivity index (χ4n) is 3.29. The lowest BCUT2D eigenvalue weighted by molar-refractivity contribution is 0.0668. The summed E-state index contributed by atoms with van der Waals surface area (Å²) in [6.07, 6.45) is 2.24. The van der Waals surface area contributed by atoms with Gasteiger partial charge in [0.05, 0.1) is 5.69 Å². The van der Waals surface area contributed by atoms with Crippen molar-refractivity contribution in [2.24, 2.45) is 5.92 Å². The minimum atomic E-state index is 0.0368. The van der Waals surface area contributed by atoms with E-state index in [1.54, 1.807) is 0 Å². The fraction of sp³-hybridized carbons (Fsp3) is 0.444. The molecule has 1 aromatic heterocycles. The van der Waals surface area contributed by atoms with E-state index in [0.717, 1.165) is 41.9 Å². The van der Waals surface area contributed by atoms with Crippen molar-refractivity contribution in [3.8, 4) is 5.69 Å². The molecule has 0 bridgehead atoms. The predicted octanol–water partition coefficient (Wildman–Crippen LogP) is 3.01. The van der Waals surface area contributed by atoms with Crippen LogP contribution in [0.1, 0.15) is 29.0 Å². The summed E-state index contributed by atoms with van der Waals surface area (Å²) >= 11 is 3.44. The Labute approximate surface area is 151 Å². The van der Waals surface area contributed by atoms with E-state index in [1.807, 2.05) is 53.9 Å². The largest absolute Gasteiger partial charge is 0.337 e. The molecule has 0 saturated carbocycles. The van der Waals surface area contributed by atoms with Gasteiger partial charge in [-0.3, -0.25) is 4.79 Å². The number of nitrogens with one attached hydrogen (secondary N) is 1. The van der Waals surface area contributed by atoms with Crippen molar-refractivity contribution >= 4 is 21.8 Å². The van der Waals surface area contributed by atoms with Gasteiger partial charge >= 0.3 is 0 Å². The molecule has 1 aromatic carbocycles. The molecule has 6 heteroatoms. The topological polar surface area (TPSA) is 50.2 Å². The quantitative estimate of drug-likeness (QED) is 0.872. The number of benzene rings is 1. The summed E-state index contributed by atoms with van der Waals surface area (Å²) < 4.78 is 2.85. The van der Waals surface area contributed by atoms with Crippen LogP contribution in [0, 0.1) is 12.8 Å². The summed E-state index contributed by atoms with van der Waals surface area (Å²) in [6.45, 7) is 4.56. The molecule has 128 valence electrons. The van der Waals surface area contributed by atoms with E-state index in [1.165, 1.54) is 6.42 Å². The van der Waals surface area contributed by atoms with E-state index < -0.39 is 0 Å². The molecule has 2 aromatic rings. The zero-order valence-corrected chi connectivity index (χ0v) is 15.7. The number of carbonyl (C=O) groups is 1. The second-order valence-electron chi connectivity index (χ2n) is 6.38. The molecule has 3 rings (SSSR count). The molecule has 0 unspecified atom stereocenters. The molecule has 0 aliphatic carbocycles. The standard InChI is InChI=1S/C18H23BrN4O/c1-13-10-17(21-23(13)16-7-5-15(19)6-8-16)18(24)22-9-3-4-14(12-22)11-20-2/h5-8,10,14,20H,3-4,9,11-12H2,1-2H3/t14-/m0/s1. The van der Waals surface area contributed by atoms with Gasteiger partial charge in [0, 0.05) is 23.3 Å². The highest BCUT2D eigenvalue weighted by Crippen LogP contribution is 2.20. The van der Waals surface area contributed by atoms with Crippen LogP contribution in [0.15, 0.2) is 34.8 Å². The van der Waals surface area contributed by atoms with E-state index in [2.05, 4.69) is 26.3 Å². The van der Waals surface area contributed by atoms with Crippen LogP contribution in [0.2, 0.25) is 0 Å². The smallest absolute Gasteiger partial charge is 0.274 e. The molecule has 2 heterocycles. The third-order valence-corrected chi connectivity index (χ3v) is 5.01. The number of rotatable bonds is 4. The van der Waals surface area contributed by atoms with Crippen LogP contribution in [-0.2, 0) is 0 Å². The van der Waals surface area contributed by atoms with Crippen molar-refractivity contribution in [1.29, 1.82) is 0 Å². The summed E-state index contributed by atoms with van der Waals surface area (Å²) in [5.41, 5.74) is 2.45. The second kappa shape index (κ2) is 7.49. The van der Waals surface area contributed by atoms with E-state index in [4.69, 9.17) is 0 Å². The normalized spacial score (nSPS) is 18.0. The van der Waals surface area contributed by atoms with Gasteiger partial charge in [0.2, 0.25) is 0 Å². The van der Waals surface area contributed by atoms with Crippen LogP contribution in [-0.4, -0.2) is 47.3 Å². The van der Waals surface area contributed by atoms with E-state index in [-0.39, 0.29) is 5.91 Å². The van der Waals surface area contributed by atoms with Crippen LogP contribution < -0.4 is 5.32 Å². The first kappa shape index (κ1) is 17.2. The number of hydrogen-bond acceptors (Lipinski definition) is 3. The first-order chi connectivity index (χ1) is 11.6. The molecule has 5 nitrogen and oxygen atoms in total. The highest BCUT2D eigenvalue weighted by Gasteiger charge is 2.26. The third kappa shape index (κ3) is 3.70. The Morgan fingerprint density at radius 1 is 1.38 bits per heavy atom.